The van der Waals surface area contributed by atoms with Crippen LogP contribution in [0.4, 0.5) is 8.78 Å². The standard InChI is InChI=1S/C12H12F2O2S/c13-12(14)6-11(12,10(15)16)8-5-17-9-4-2-1-3-7(8)9/h5H,1-4,6H2,(H,15,16). The molecule has 1 fully saturated rings. The number of thiophene rings is 1. The minimum absolute atomic E-state index is 0.384. The van der Waals surface area contributed by atoms with E-state index in [1.54, 1.807) is 5.38 Å². The highest BCUT2D eigenvalue weighted by molar-refractivity contribution is 7.10. The Morgan fingerprint density at radius 1 is 1.35 bits per heavy atom. The van der Waals surface area contributed by atoms with Gasteiger partial charge < -0.3 is 5.11 Å². The number of hydrogen-bond donors (Lipinski definition) is 1. The molecule has 3 rings (SSSR count). The molecule has 1 heterocycles. The van der Waals surface area contributed by atoms with Gasteiger partial charge in [-0.05, 0) is 42.2 Å². The summed E-state index contributed by atoms with van der Waals surface area (Å²) in [7, 11) is 0. The molecule has 5 heteroatoms. The maximum absolute atomic E-state index is 13.5. The Bertz CT molecular complexity index is 495. The second-order valence-corrected chi connectivity index (χ2v) is 5.81. The number of rotatable bonds is 2. The lowest BCUT2D eigenvalue weighted by molar-refractivity contribution is -0.143. The molecular formula is C12H12F2O2S. The zero-order valence-corrected chi connectivity index (χ0v) is 9.95. The summed E-state index contributed by atoms with van der Waals surface area (Å²) in [5, 5.41) is 10.8. The quantitative estimate of drug-likeness (QED) is 0.885. The monoisotopic (exact) mass is 258 g/mol. The maximum Gasteiger partial charge on any atom is 0.320 e. The zero-order chi connectivity index (χ0) is 12.3. The van der Waals surface area contributed by atoms with Crippen LogP contribution in [0.25, 0.3) is 0 Å². The molecule has 1 aromatic rings. The fourth-order valence-electron chi connectivity index (χ4n) is 2.78. The molecular weight excluding hydrogens is 246 g/mol. The van der Waals surface area contributed by atoms with E-state index in [2.05, 4.69) is 0 Å². The minimum atomic E-state index is -3.08. The second kappa shape index (κ2) is 3.28. The summed E-state index contributed by atoms with van der Waals surface area (Å²) in [5.41, 5.74) is -0.649. The lowest BCUT2D eigenvalue weighted by Gasteiger charge is -2.16. The summed E-state index contributed by atoms with van der Waals surface area (Å²) in [6, 6.07) is 0. The highest BCUT2D eigenvalue weighted by Gasteiger charge is 2.78. The van der Waals surface area contributed by atoms with E-state index in [0.29, 0.717) is 5.56 Å². The van der Waals surface area contributed by atoms with Gasteiger partial charge in [0, 0.05) is 11.3 Å². The van der Waals surface area contributed by atoms with Crippen molar-refractivity contribution in [3.8, 4) is 0 Å². The van der Waals surface area contributed by atoms with Crippen molar-refractivity contribution in [1.29, 1.82) is 0 Å². The summed E-state index contributed by atoms with van der Waals surface area (Å²) in [5.74, 6) is -4.46. The molecule has 1 unspecified atom stereocenters. The van der Waals surface area contributed by atoms with Crippen LogP contribution in [0.15, 0.2) is 5.38 Å². The molecule has 1 atom stereocenters. The molecule has 92 valence electrons. The van der Waals surface area contributed by atoms with Crippen molar-refractivity contribution >= 4 is 17.3 Å². The van der Waals surface area contributed by atoms with Gasteiger partial charge in [-0.1, -0.05) is 0 Å². The normalized spacial score (nSPS) is 29.8. The summed E-state index contributed by atoms with van der Waals surface area (Å²) in [6.45, 7) is 0. The number of hydrogen-bond acceptors (Lipinski definition) is 2. The maximum atomic E-state index is 13.5. The molecule has 0 saturated heterocycles. The Kier molecular flexibility index (Phi) is 2.15. The van der Waals surface area contributed by atoms with E-state index in [4.69, 9.17) is 5.11 Å². The van der Waals surface area contributed by atoms with Crippen LogP contribution in [-0.2, 0) is 23.1 Å². The SMILES string of the molecule is O=C(O)C1(c2csc3c2CCCC3)CC1(F)F. The Morgan fingerprint density at radius 3 is 2.59 bits per heavy atom. The van der Waals surface area contributed by atoms with E-state index in [0.717, 1.165) is 36.1 Å². The third kappa shape index (κ3) is 1.32. The molecule has 1 aromatic heterocycles. The molecule has 1 saturated carbocycles. The van der Waals surface area contributed by atoms with Crippen molar-refractivity contribution < 1.29 is 18.7 Å². The predicted octanol–water partition coefficient (Wildman–Crippen LogP) is 2.99. The second-order valence-electron chi connectivity index (χ2n) is 4.85. The molecule has 0 spiro atoms. The first-order valence-corrected chi connectivity index (χ1v) is 6.58. The Morgan fingerprint density at radius 2 is 2.00 bits per heavy atom. The first kappa shape index (κ1) is 11.1. The van der Waals surface area contributed by atoms with Crippen LogP contribution in [0.5, 0.6) is 0 Å². The fraction of sp³-hybridized carbons (Fsp3) is 0.583. The van der Waals surface area contributed by atoms with Gasteiger partial charge in [-0.15, -0.1) is 11.3 Å². The van der Waals surface area contributed by atoms with E-state index in [9.17, 15) is 13.6 Å². The predicted molar refractivity (Wildman–Crippen MR) is 59.8 cm³/mol. The third-order valence-corrected chi connectivity index (χ3v) is 4.96. The molecule has 17 heavy (non-hydrogen) atoms. The van der Waals surface area contributed by atoms with Gasteiger partial charge >= 0.3 is 5.97 Å². The van der Waals surface area contributed by atoms with Gasteiger partial charge in [-0.3, -0.25) is 4.79 Å². The van der Waals surface area contributed by atoms with Crippen LogP contribution in [0.3, 0.4) is 0 Å². The smallest absolute Gasteiger partial charge is 0.320 e. The number of halogens is 2. The van der Waals surface area contributed by atoms with Gasteiger partial charge in [-0.25, -0.2) is 8.78 Å². The van der Waals surface area contributed by atoms with E-state index in [1.165, 1.54) is 11.3 Å². The van der Waals surface area contributed by atoms with E-state index >= 15 is 0 Å². The van der Waals surface area contributed by atoms with Crippen molar-refractivity contribution in [3.63, 3.8) is 0 Å². The third-order valence-electron chi connectivity index (χ3n) is 3.87. The largest absolute Gasteiger partial charge is 0.480 e. The number of aryl methyl sites for hydroxylation is 1. The summed E-state index contributed by atoms with van der Waals surface area (Å²) in [4.78, 5) is 12.3. The average molecular weight is 258 g/mol. The highest BCUT2D eigenvalue weighted by Crippen LogP contribution is 2.63. The molecule has 2 aliphatic carbocycles. The summed E-state index contributed by atoms with van der Waals surface area (Å²) in [6.07, 6.45) is 3.15. The molecule has 1 N–H and O–H groups in total. The lowest BCUT2D eigenvalue weighted by atomic mass is 9.87. The van der Waals surface area contributed by atoms with Crippen molar-refractivity contribution in [2.75, 3.05) is 0 Å². The number of alkyl halides is 2. The van der Waals surface area contributed by atoms with Crippen LogP contribution in [0.1, 0.15) is 35.3 Å². The molecule has 0 aromatic carbocycles. The highest BCUT2D eigenvalue weighted by atomic mass is 32.1. The van der Waals surface area contributed by atoms with Gasteiger partial charge in [-0.2, -0.15) is 0 Å². The van der Waals surface area contributed by atoms with Crippen molar-refractivity contribution in [2.24, 2.45) is 0 Å². The van der Waals surface area contributed by atoms with Crippen molar-refractivity contribution in [1.82, 2.24) is 0 Å². The molecule has 0 aliphatic heterocycles. The van der Waals surface area contributed by atoms with Gasteiger partial charge in [0.1, 0.15) is 0 Å². The van der Waals surface area contributed by atoms with Gasteiger partial charge in [0.15, 0.2) is 5.41 Å². The van der Waals surface area contributed by atoms with Gasteiger partial charge in [0.2, 0.25) is 0 Å². The summed E-state index contributed by atoms with van der Waals surface area (Å²) >= 11 is 1.44. The van der Waals surface area contributed by atoms with Crippen molar-refractivity contribution in [2.45, 2.75) is 43.4 Å². The first-order valence-electron chi connectivity index (χ1n) is 5.70. The topological polar surface area (TPSA) is 37.3 Å². The number of fused-ring (bicyclic) bond motifs is 1. The van der Waals surface area contributed by atoms with Crippen molar-refractivity contribution in [3.05, 3.63) is 21.4 Å². The lowest BCUT2D eigenvalue weighted by Crippen LogP contribution is -2.28. The number of carbonyl (C=O) groups is 1. The van der Waals surface area contributed by atoms with Crippen LogP contribution in [-0.4, -0.2) is 17.0 Å². The summed E-state index contributed by atoms with van der Waals surface area (Å²) < 4.78 is 26.9. The minimum Gasteiger partial charge on any atom is -0.480 e. The van der Waals surface area contributed by atoms with E-state index in [-0.39, 0.29) is 0 Å². The van der Waals surface area contributed by atoms with Crippen LogP contribution in [0.2, 0.25) is 0 Å². The van der Waals surface area contributed by atoms with E-state index < -0.39 is 23.7 Å². The van der Waals surface area contributed by atoms with Crippen LogP contribution >= 0.6 is 11.3 Å². The van der Waals surface area contributed by atoms with E-state index in [1.807, 2.05) is 0 Å². The molecule has 2 nitrogen and oxygen atoms in total. The molecule has 0 radical (unpaired) electrons. The fourth-order valence-corrected chi connectivity index (χ4v) is 4.00. The average Bonchev–Trinajstić information content (AvgIpc) is 2.70. The van der Waals surface area contributed by atoms with Gasteiger partial charge in [0.05, 0.1) is 0 Å². The Balaban J connectivity index is 2.10. The Hall–Kier alpha value is -0.970. The van der Waals surface area contributed by atoms with Gasteiger partial charge in [0.25, 0.3) is 5.92 Å². The van der Waals surface area contributed by atoms with Crippen LogP contribution in [0, 0.1) is 0 Å². The molecule has 0 bridgehead atoms. The van der Waals surface area contributed by atoms with Crippen LogP contribution < -0.4 is 0 Å². The zero-order valence-electron chi connectivity index (χ0n) is 9.13. The Labute approximate surface area is 101 Å². The molecule has 0 amide bonds. The number of aliphatic carboxylic acids is 1. The molecule has 2 aliphatic rings. The number of carboxylic acids is 1. The first-order chi connectivity index (χ1) is 7.99. The number of carboxylic acid groups (broad SMARTS) is 1.